The first-order valence-electron chi connectivity index (χ1n) is 9.47. The predicted molar refractivity (Wildman–Crippen MR) is 109 cm³/mol. The molecule has 7 heteroatoms. The summed E-state index contributed by atoms with van der Waals surface area (Å²) in [6.45, 7) is 0. The maximum atomic E-state index is 13.8. The van der Waals surface area contributed by atoms with E-state index < -0.39 is 11.6 Å². The first kappa shape index (κ1) is 19.7. The molecule has 152 valence electrons. The summed E-state index contributed by atoms with van der Waals surface area (Å²) in [5, 5.41) is 3.19. The molecule has 4 rings (SSSR count). The number of carbonyl (C=O) groups excluding carboxylic acids is 1. The molecule has 30 heavy (non-hydrogen) atoms. The van der Waals surface area contributed by atoms with Crippen molar-refractivity contribution >= 4 is 22.5 Å². The molecule has 2 heterocycles. The van der Waals surface area contributed by atoms with E-state index in [1.54, 1.807) is 12.3 Å². The third-order valence-corrected chi connectivity index (χ3v) is 4.83. The van der Waals surface area contributed by atoms with Crippen molar-refractivity contribution in [2.45, 2.75) is 19.3 Å². The van der Waals surface area contributed by atoms with Crippen LogP contribution in [-0.2, 0) is 11.2 Å². The Morgan fingerprint density at radius 3 is 2.57 bits per heavy atom. The number of nitrogens with zero attached hydrogens (tertiary/aromatic N) is 1. The van der Waals surface area contributed by atoms with Gasteiger partial charge in [-0.3, -0.25) is 9.78 Å². The van der Waals surface area contributed by atoms with Crippen LogP contribution in [0.3, 0.4) is 0 Å². The number of hydrogen-bond acceptors (Lipinski definition) is 2. The van der Waals surface area contributed by atoms with Crippen LogP contribution >= 0.6 is 0 Å². The number of pyridine rings is 1. The maximum absolute atomic E-state index is 13.8. The molecule has 0 bridgehead atoms. The van der Waals surface area contributed by atoms with Gasteiger partial charge in [-0.15, -0.1) is 0 Å². The number of aromatic nitrogens is 2. The fraction of sp³-hybridized carbons (Fsp3) is 0.130. The number of benzene rings is 2. The highest BCUT2D eigenvalue weighted by Crippen LogP contribution is 2.31. The topological polar surface area (TPSA) is 57.8 Å². The second-order valence-corrected chi connectivity index (χ2v) is 6.91. The van der Waals surface area contributed by atoms with Crippen molar-refractivity contribution in [2.75, 3.05) is 5.32 Å². The lowest BCUT2D eigenvalue weighted by Gasteiger charge is -2.07. The van der Waals surface area contributed by atoms with Gasteiger partial charge in [0.15, 0.2) is 0 Å². The number of rotatable bonds is 6. The van der Waals surface area contributed by atoms with Gasteiger partial charge in [0.1, 0.15) is 17.5 Å². The van der Waals surface area contributed by atoms with Crippen LogP contribution in [0.15, 0.2) is 60.8 Å². The number of fused-ring (bicyclic) bond motifs is 1. The van der Waals surface area contributed by atoms with Crippen molar-refractivity contribution in [3.63, 3.8) is 0 Å². The van der Waals surface area contributed by atoms with Gasteiger partial charge in [0, 0.05) is 29.6 Å². The molecule has 0 spiro atoms. The molecule has 0 saturated carbocycles. The largest absolute Gasteiger partial charge is 0.353 e. The summed E-state index contributed by atoms with van der Waals surface area (Å²) in [6.07, 6.45) is 2.75. The summed E-state index contributed by atoms with van der Waals surface area (Å²) < 4.78 is 40.5. The van der Waals surface area contributed by atoms with Crippen molar-refractivity contribution in [3.05, 3.63) is 83.8 Å². The van der Waals surface area contributed by atoms with E-state index in [0.29, 0.717) is 12.8 Å². The Morgan fingerprint density at radius 1 is 1.00 bits per heavy atom. The molecule has 0 aliphatic carbocycles. The third-order valence-electron chi connectivity index (χ3n) is 4.83. The molecule has 0 aliphatic rings. The van der Waals surface area contributed by atoms with Crippen LogP contribution in [0, 0.1) is 17.5 Å². The molecule has 0 unspecified atom stereocenters. The monoisotopic (exact) mass is 409 g/mol. The van der Waals surface area contributed by atoms with E-state index in [2.05, 4.69) is 15.3 Å². The quantitative estimate of drug-likeness (QED) is 0.435. The Kier molecular flexibility index (Phi) is 5.52. The molecule has 1 amide bonds. The molecular weight excluding hydrogens is 391 g/mol. The molecule has 0 fully saturated rings. The number of hydrogen-bond donors (Lipinski definition) is 2. The van der Waals surface area contributed by atoms with Gasteiger partial charge in [-0.05, 0) is 60.9 Å². The standard InChI is InChI=1S/C23H18F3N3O/c24-14-7-9-19-17(12-14)16(23(29-19)21-5-1-2-11-27-21)4-3-6-22(30)28-20-10-8-15(25)13-18(20)26/h1-2,5,7-13,29H,3-4,6H2,(H,28,30). The van der Waals surface area contributed by atoms with E-state index in [1.165, 1.54) is 18.2 Å². The number of amides is 1. The molecule has 0 aliphatic heterocycles. The Labute approximate surface area is 170 Å². The number of nitrogens with one attached hydrogen (secondary N) is 2. The van der Waals surface area contributed by atoms with Crippen molar-refractivity contribution < 1.29 is 18.0 Å². The SMILES string of the molecule is O=C(CCCc1c(-c2ccccn2)[nH]c2ccc(F)cc12)Nc1ccc(F)cc1F. The lowest BCUT2D eigenvalue weighted by molar-refractivity contribution is -0.116. The number of H-pyrrole nitrogens is 1. The zero-order valence-electron chi connectivity index (χ0n) is 15.9. The van der Waals surface area contributed by atoms with Gasteiger partial charge in [-0.2, -0.15) is 0 Å². The second-order valence-electron chi connectivity index (χ2n) is 6.91. The summed E-state index contributed by atoms with van der Waals surface area (Å²) in [7, 11) is 0. The lowest BCUT2D eigenvalue weighted by atomic mass is 10.0. The minimum atomic E-state index is -0.826. The minimum absolute atomic E-state index is 0.0651. The smallest absolute Gasteiger partial charge is 0.224 e. The van der Waals surface area contributed by atoms with Crippen LogP contribution in [0.25, 0.3) is 22.3 Å². The normalized spacial score (nSPS) is 11.0. The van der Waals surface area contributed by atoms with Gasteiger partial charge in [-0.1, -0.05) is 6.07 Å². The van der Waals surface area contributed by atoms with Gasteiger partial charge >= 0.3 is 0 Å². The van der Waals surface area contributed by atoms with Crippen LogP contribution in [0.5, 0.6) is 0 Å². The predicted octanol–water partition coefficient (Wildman–Crippen LogP) is 5.61. The van der Waals surface area contributed by atoms with E-state index in [9.17, 15) is 18.0 Å². The highest BCUT2D eigenvalue weighted by atomic mass is 19.1. The Bertz CT molecular complexity index is 1210. The van der Waals surface area contributed by atoms with E-state index in [4.69, 9.17) is 0 Å². The molecule has 4 nitrogen and oxygen atoms in total. The third kappa shape index (κ3) is 4.20. The number of aryl methyl sites for hydroxylation is 1. The molecular formula is C23H18F3N3O. The summed E-state index contributed by atoms with van der Waals surface area (Å²) in [6, 6.07) is 13.0. The van der Waals surface area contributed by atoms with E-state index in [-0.39, 0.29) is 23.8 Å². The van der Waals surface area contributed by atoms with Gasteiger partial charge < -0.3 is 10.3 Å². The fourth-order valence-electron chi connectivity index (χ4n) is 3.44. The molecule has 0 radical (unpaired) electrons. The number of aromatic amines is 1. The van der Waals surface area contributed by atoms with Crippen LogP contribution in [0.2, 0.25) is 0 Å². The molecule has 0 saturated heterocycles. The molecule has 2 aromatic carbocycles. The van der Waals surface area contributed by atoms with Gasteiger partial charge in [0.05, 0.1) is 17.1 Å². The summed E-state index contributed by atoms with van der Waals surface area (Å²) in [5.74, 6) is -2.27. The highest BCUT2D eigenvalue weighted by molar-refractivity contribution is 5.92. The van der Waals surface area contributed by atoms with Crippen molar-refractivity contribution in [3.8, 4) is 11.4 Å². The Morgan fingerprint density at radius 2 is 1.80 bits per heavy atom. The van der Waals surface area contributed by atoms with E-state index >= 15 is 0 Å². The molecule has 2 N–H and O–H groups in total. The van der Waals surface area contributed by atoms with Gasteiger partial charge in [-0.25, -0.2) is 13.2 Å². The fourth-order valence-corrected chi connectivity index (χ4v) is 3.44. The maximum Gasteiger partial charge on any atom is 0.224 e. The number of carbonyl (C=O) groups is 1. The first-order valence-corrected chi connectivity index (χ1v) is 9.47. The Hall–Kier alpha value is -3.61. The van der Waals surface area contributed by atoms with Crippen LogP contribution in [0.4, 0.5) is 18.9 Å². The molecule has 4 aromatic rings. The van der Waals surface area contributed by atoms with Crippen molar-refractivity contribution in [1.29, 1.82) is 0 Å². The molecule has 0 atom stereocenters. The number of anilines is 1. The van der Waals surface area contributed by atoms with Crippen LogP contribution in [-0.4, -0.2) is 15.9 Å². The van der Waals surface area contributed by atoms with Gasteiger partial charge in [0.25, 0.3) is 0 Å². The summed E-state index contributed by atoms with van der Waals surface area (Å²) in [5.41, 5.74) is 3.08. The lowest BCUT2D eigenvalue weighted by Crippen LogP contribution is -2.12. The van der Waals surface area contributed by atoms with E-state index in [0.717, 1.165) is 40.0 Å². The van der Waals surface area contributed by atoms with Crippen molar-refractivity contribution in [1.82, 2.24) is 9.97 Å². The number of halogens is 3. The average Bonchev–Trinajstić information content (AvgIpc) is 3.08. The first-order chi connectivity index (χ1) is 14.5. The van der Waals surface area contributed by atoms with Gasteiger partial charge in [0.2, 0.25) is 5.91 Å². The second kappa shape index (κ2) is 8.41. The van der Waals surface area contributed by atoms with Crippen LogP contribution < -0.4 is 5.32 Å². The minimum Gasteiger partial charge on any atom is -0.353 e. The van der Waals surface area contributed by atoms with Crippen molar-refractivity contribution in [2.24, 2.45) is 0 Å². The zero-order chi connectivity index (χ0) is 21.1. The average molecular weight is 409 g/mol. The Balaban J connectivity index is 1.52. The van der Waals surface area contributed by atoms with E-state index in [1.807, 2.05) is 18.2 Å². The zero-order valence-corrected chi connectivity index (χ0v) is 15.9. The molecule has 2 aromatic heterocycles. The van der Waals surface area contributed by atoms with Crippen LogP contribution in [0.1, 0.15) is 18.4 Å². The summed E-state index contributed by atoms with van der Waals surface area (Å²) in [4.78, 5) is 19.8. The summed E-state index contributed by atoms with van der Waals surface area (Å²) >= 11 is 0. The highest BCUT2D eigenvalue weighted by Gasteiger charge is 2.15.